The van der Waals surface area contributed by atoms with Gasteiger partial charge < -0.3 is 0 Å². The summed E-state index contributed by atoms with van der Waals surface area (Å²) in [6, 6.07) is -0.108. The SMILES string of the molecule is CC(C(=O)NN)N1CCCC(C)(C)CC1. The molecule has 4 heteroatoms. The van der Waals surface area contributed by atoms with Crippen LogP contribution >= 0.6 is 0 Å². The Kier molecular flexibility index (Phi) is 4.11. The van der Waals surface area contributed by atoms with Crippen LogP contribution in [-0.4, -0.2) is 29.9 Å². The molecule has 0 aliphatic carbocycles. The molecule has 0 aromatic heterocycles. The van der Waals surface area contributed by atoms with Crippen molar-refractivity contribution < 1.29 is 4.79 Å². The lowest BCUT2D eigenvalue weighted by molar-refractivity contribution is -0.126. The molecule has 1 rings (SSSR count). The van der Waals surface area contributed by atoms with E-state index in [0.29, 0.717) is 5.41 Å². The Morgan fingerprint density at radius 2 is 2.07 bits per heavy atom. The van der Waals surface area contributed by atoms with E-state index in [1.807, 2.05) is 6.92 Å². The zero-order chi connectivity index (χ0) is 11.5. The first kappa shape index (κ1) is 12.5. The van der Waals surface area contributed by atoms with Gasteiger partial charge in [-0.1, -0.05) is 13.8 Å². The van der Waals surface area contributed by atoms with Crippen LogP contribution in [0.2, 0.25) is 0 Å². The predicted molar refractivity (Wildman–Crippen MR) is 61.0 cm³/mol. The topological polar surface area (TPSA) is 58.4 Å². The van der Waals surface area contributed by atoms with Gasteiger partial charge in [0, 0.05) is 0 Å². The second-order valence-corrected chi connectivity index (χ2v) is 5.24. The summed E-state index contributed by atoms with van der Waals surface area (Å²) in [5, 5.41) is 0. The second kappa shape index (κ2) is 4.94. The first-order valence-electron chi connectivity index (χ1n) is 5.71. The van der Waals surface area contributed by atoms with Crippen LogP contribution in [0.25, 0.3) is 0 Å². The molecule has 1 saturated heterocycles. The average molecular weight is 213 g/mol. The fourth-order valence-corrected chi connectivity index (χ4v) is 2.12. The van der Waals surface area contributed by atoms with Gasteiger partial charge >= 0.3 is 0 Å². The zero-order valence-electron chi connectivity index (χ0n) is 10.0. The molecule has 1 fully saturated rings. The maximum Gasteiger partial charge on any atom is 0.250 e. The van der Waals surface area contributed by atoms with Crippen molar-refractivity contribution >= 4 is 5.91 Å². The van der Waals surface area contributed by atoms with Gasteiger partial charge in [0.2, 0.25) is 0 Å². The van der Waals surface area contributed by atoms with Crippen molar-refractivity contribution in [2.75, 3.05) is 13.1 Å². The molecule has 1 aliphatic heterocycles. The third-order valence-corrected chi connectivity index (χ3v) is 3.44. The fraction of sp³-hybridized carbons (Fsp3) is 0.909. The Morgan fingerprint density at radius 3 is 2.67 bits per heavy atom. The van der Waals surface area contributed by atoms with Crippen molar-refractivity contribution in [3.05, 3.63) is 0 Å². The van der Waals surface area contributed by atoms with Gasteiger partial charge in [0.25, 0.3) is 5.91 Å². The summed E-state index contributed by atoms with van der Waals surface area (Å²) in [4.78, 5) is 13.6. The quantitative estimate of drug-likeness (QED) is 0.407. The largest absolute Gasteiger partial charge is 0.293 e. The van der Waals surface area contributed by atoms with E-state index in [1.165, 1.54) is 6.42 Å². The smallest absolute Gasteiger partial charge is 0.250 e. The number of carbonyl (C=O) groups excluding carboxylic acids is 1. The maximum atomic E-state index is 11.4. The Morgan fingerprint density at radius 1 is 1.40 bits per heavy atom. The van der Waals surface area contributed by atoms with E-state index in [0.717, 1.165) is 25.9 Å². The Hall–Kier alpha value is -0.610. The van der Waals surface area contributed by atoms with Crippen molar-refractivity contribution in [3.8, 4) is 0 Å². The monoisotopic (exact) mass is 213 g/mol. The summed E-state index contributed by atoms with van der Waals surface area (Å²) >= 11 is 0. The van der Waals surface area contributed by atoms with Crippen molar-refractivity contribution in [2.45, 2.75) is 46.1 Å². The van der Waals surface area contributed by atoms with Crippen LogP contribution in [-0.2, 0) is 4.79 Å². The van der Waals surface area contributed by atoms with E-state index in [4.69, 9.17) is 5.84 Å². The van der Waals surface area contributed by atoms with E-state index < -0.39 is 0 Å². The highest BCUT2D eigenvalue weighted by atomic mass is 16.2. The minimum Gasteiger partial charge on any atom is -0.293 e. The molecular formula is C11H23N3O. The third kappa shape index (κ3) is 3.47. The minimum atomic E-state index is -0.108. The van der Waals surface area contributed by atoms with E-state index in [9.17, 15) is 4.79 Å². The number of hydrogen-bond donors (Lipinski definition) is 2. The standard InChI is InChI=1S/C11H23N3O/c1-9(10(15)13-12)14-7-4-5-11(2,3)6-8-14/h9H,4-8,12H2,1-3H3,(H,13,15). The molecule has 1 heterocycles. The number of nitrogens with zero attached hydrogens (tertiary/aromatic N) is 1. The molecule has 1 atom stereocenters. The van der Waals surface area contributed by atoms with Gasteiger partial charge in [0.1, 0.15) is 0 Å². The van der Waals surface area contributed by atoms with E-state index in [1.54, 1.807) is 0 Å². The summed E-state index contributed by atoms with van der Waals surface area (Å²) < 4.78 is 0. The highest BCUT2D eigenvalue weighted by Gasteiger charge is 2.27. The molecule has 0 bridgehead atoms. The molecular weight excluding hydrogens is 190 g/mol. The van der Waals surface area contributed by atoms with Crippen LogP contribution in [0, 0.1) is 5.41 Å². The molecule has 3 N–H and O–H groups in total. The normalized spacial score (nSPS) is 24.3. The molecule has 0 radical (unpaired) electrons. The van der Waals surface area contributed by atoms with Crippen LogP contribution in [0.3, 0.4) is 0 Å². The number of nitrogens with one attached hydrogen (secondary N) is 1. The highest BCUT2D eigenvalue weighted by Crippen LogP contribution is 2.30. The van der Waals surface area contributed by atoms with Gasteiger partial charge in [-0.05, 0) is 44.7 Å². The fourth-order valence-electron chi connectivity index (χ4n) is 2.12. The van der Waals surface area contributed by atoms with Gasteiger partial charge in [-0.2, -0.15) is 0 Å². The van der Waals surface area contributed by atoms with E-state index >= 15 is 0 Å². The molecule has 0 saturated carbocycles. The third-order valence-electron chi connectivity index (χ3n) is 3.44. The van der Waals surface area contributed by atoms with Gasteiger partial charge in [0.05, 0.1) is 6.04 Å². The zero-order valence-corrected chi connectivity index (χ0v) is 10.0. The van der Waals surface area contributed by atoms with Crippen LogP contribution in [0.15, 0.2) is 0 Å². The first-order chi connectivity index (χ1) is 6.96. The summed E-state index contributed by atoms with van der Waals surface area (Å²) in [7, 11) is 0. The first-order valence-corrected chi connectivity index (χ1v) is 5.71. The molecule has 15 heavy (non-hydrogen) atoms. The molecule has 1 unspecified atom stereocenters. The Labute approximate surface area is 92.2 Å². The van der Waals surface area contributed by atoms with Crippen molar-refractivity contribution in [3.63, 3.8) is 0 Å². The number of rotatable bonds is 2. The number of amides is 1. The van der Waals surface area contributed by atoms with E-state index in [-0.39, 0.29) is 11.9 Å². The van der Waals surface area contributed by atoms with Crippen LogP contribution in [0.1, 0.15) is 40.0 Å². The summed E-state index contributed by atoms with van der Waals surface area (Å²) in [5.74, 6) is 5.06. The second-order valence-electron chi connectivity index (χ2n) is 5.24. The van der Waals surface area contributed by atoms with Crippen LogP contribution in [0.4, 0.5) is 0 Å². The maximum absolute atomic E-state index is 11.4. The molecule has 0 spiro atoms. The number of nitrogens with two attached hydrogens (primary N) is 1. The number of hydrazine groups is 1. The predicted octanol–water partition coefficient (Wildman–Crippen LogP) is 0.877. The molecule has 1 aliphatic rings. The summed E-state index contributed by atoms with van der Waals surface area (Å²) in [6.45, 7) is 8.49. The van der Waals surface area contributed by atoms with Crippen molar-refractivity contribution in [1.82, 2.24) is 10.3 Å². The van der Waals surface area contributed by atoms with Crippen molar-refractivity contribution in [2.24, 2.45) is 11.3 Å². The van der Waals surface area contributed by atoms with Crippen LogP contribution < -0.4 is 11.3 Å². The molecule has 4 nitrogen and oxygen atoms in total. The molecule has 1 amide bonds. The van der Waals surface area contributed by atoms with Gasteiger partial charge in [-0.3, -0.25) is 15.1 Å². The molecule has 88 valence electrons. The summed E-state index contributed by atoms with van der Waals surface area (Å²) in [6.07, 6.45) is 3.55. The Bertz CT molecular complexity index is 228. The van der Waals surface area contributed by atoms with Gasteiger partial charge in [0.15, 0.2) is 0 Å². The number of hydrogen-bond acceptors (Lipinski definition) is 3. The minimum absolute atomic E-state index is 0.0882. The lowest BCUT2D eigenvalue weighted by atomic mass is 9.85. The summed E-state index contributed by atoms with van der Waals surface area (Å²) in [5.41, 5.74) is 2.63. The lowest BCUT2D eigenvalue weighted by Gasteiger charge is -2.27. The van der Waals surface area contributed by atoms with Gasteiger partial charge in [-0.25, -0.2) is 5.84 Å². The van der Waals surface area contributed by atoms with E-state index in [2.05, 4.69) is 24.2 Å². The highest BCUT2D eigenvalue weighted by molar-refractivity contribution is 5.80. The van der Waals surface area contributed by atoms with Crippen molar-refractivity contribution in [1.29, 1.82) is 0 Å². The number of likely N-dealkylation sites (tertiary alicyclic amines) is 1. The lowest BCUT2D eigenvalue weighted by Crippen LogP contribution is -2.47. The number of carbonyl (C=O) groups is 1. The van der Waals surface area contributed by atoms with Gasteiger partial charge in [-0.15, -0.1) is 0 Å². The molecule has 0 aromatic rings. The average Bonchev–Trinajstić information content (AvgIpc) is 2.37. The Balaban J connectivity index is 2.54. The van der Waals surface area contributed by atoms with Crippen LogP contribution in [0.5, 0.6) is 0 Å². The molecule has 0 aromatic carbocycles.